The van der Waals surface area contributed by atoms with Gasteiger partial charge in [-0.3, -0.25) is 4.79 Å². The maximum Gasteiger partial charge on any atom is 0.343 e. The van der Waals surface area contributed by atoms with Crippen molar-refractivity contribution in [3.05, 3.63) is 70.3 Å². The van der Waals surface area contributed by atoms with Crippen LogP contribution in [0.5, 0.6) is 5.75 Å². The third kappa shape index (κ3) is 6.51. The molecule has 1 atom stereocenters. The first-order valence-corrected chi connectivity index (χ1v) is 13.7. The number of halogens is 1. The number of rotatable bonds is 1. The molecule has 0 saturated heterocycles. The lowest BCUT2D eigenvalue weighted by Gasteiger charge is -2.31. The second-order valence-corrected chi connectivity index (χ2v) is 10.5. The smallest absolute Gasteiger partial charge is 0.343 e. The largest absolute Gasteiger partial charge is 0.487 e. The summed E-state index contributed by atoms with van der Waals surface area (Å²) >= 11 is 6.28. The van der Waals surface area contributed by atoms with Crippen LogP contribution in [0.15, 0.2) is 48.6 Å². The first kappa shape index (κ1) is 28.0. The number of amides is 1. The Bertz CT molecular complexity index is 1180. The molecule has 0 radical (unpaired) electrons. The van der Waals surface area contributed by atoms with Crippen molar-refractivity contribution >= 4 is 29.2 Å². The lowest BCUT2D eigenvalue weighted by Crippen LogP contribution is -2.42. The van der Waals surface area contributed by atoms with E-state index in [1.807, 2.05) is 18.2 Å². The van der Waals surface area contributed by atoms with Gasteiger partial charge in [-0.1, -0.05) is 35.9 Å². The summed E-state index contributed by atoms with van der Waals surface area (Å²) < 4.78 is 11.3. The number of carbonyl (C=O) groups excluding carboxylic acids is 2. The van der Waals surface area contributed by atoms with Gasteiger partial charge < -0.3 is 24.4 Å². The third-order valence-electron chi connectivity index (χ3n) is 7.41. The van der Waals surface area contributed by atoms with Gasteiger partial charge in [-0.2, -0.15) is 0 Å². The Morgan fingerprint density at radius 2 is 1.82 bits per heavy atom. The number of nitrogens with zero attached hydrogens (tertiary/aromatic N) is 2. The molecule has 38 heavy (non-hydrogen) atoms. The molecule has 0 spiro atoms. The van der Waals surface area contributed by atoms with Crippen molar-refractivity contribution in [2.24, 2.45) is 0 Å². The fourth-order valence-electron chi connectivity index (χ4n) is 5.08. The van der Waals surface area contributed by atoms with E-state index < -0.39 is 18.0 Å². The van der Waals surface area contributed by atoms with E-state index in [9.17, 15) is 14.7 Å². The summed E-state index contributed by atoms with van der Waals surface area (Å²) in [7, 11) is 2.90. The number of hydrogen-bond donors (Lipinski definition) is 1. The molecule has 7 nitrogen and oxygen atoms in total. The average molecular weight is 541 g/mol. The van der Waals surface area contributed by atoms with E-state index in [1.165, 1.54) is 12.7 Å². The summed E-state index contributed by atoms with van der Waals surface area (Å²) in [6.45, 7) is 2.46. The Balaban J connectivity index is 1.78. The Kier molecular flexibility index (Phi) is 9.34. The van der Waals surface area contributed by atoms with Crippen LogP contribution < -0.4 is 9.64 Å². The first-order chi connectivity index (χ1) is 18.3. The van der Waals surface area contributed by atoms with Gasteiger partial charge in [-0.05, 0) is 79.5 Å². The monoisotopic (exact) mass is 540 g/mol. The van der Waals surface area contributed by atoms with Gasteiger partial charge in [-0.15, -0.1) is 0 Å². The van der Waals surface area contributed by atoms with Gasteiger partial charge in [0.2, 0.25) is 5.91 Å². The number of aliphatic hydroxyl groups is 1. The zero-order valence-corrected chi connectivity index (χ0v) is 23.0. The summed E-state index contributed by atoms with van der Waals surface area (Å²) in [5.74, 6) is -0.536. The topological polar surface area (TPSA) is 79.3 Å². The molecule has 2 bridgehead atoms. The Hall–Kier alpha value is -3.03. The SMILES string of the molecule is COC(=O)[C@@]1(O)CC(=O)N(C)CC/C=C/CCCN2CCCCc3cc(Cl)ccc3COc3ccc1cc32. The fourth-order valence-corrected chi connectivity index (χ4v) is 5.28. The number of carbonyl (C=O) groups is 2. The van der Waals surface area contributed by atoms with Crippen LogP contribution in [0.25, 0.3) is 0 Å². The second-order valence-electron chi connectivity index (χ2n) is 10.1. The molecule has 1 amide bonds. The Morgan fingerprint density at radius 3 is 2.63 bits per heavy atom. The Labute approximate surface area is 230 Å². The van der Waals surface area contributed by atoms with Crippen LogP contribution in [0, 0.1) is 0 Å². The zero-order chi connectivity index (χ0) is 27.1. The number of aryl methyl sites for hydroxylation is 1. The molecule has 0 unspecified atom stereocenters. The molecule has 2 aromatic rings. The van der Waals surface area contributed by atoms with Gasteiger partial charge in [0, 0.05) is 31.7 Å². The summed E-state index contributed by atoms with van der Waals surface area (Å²) in [6, 6.07) is 11.1. The van der Waals surface area contributed by atoms with E-state index in [-0.39, 0.29) is 5.91 Å². The van der Waals surface area contributed by atoms with Crippen LogP contribution in [0.2, 0.25) is 5.02 Å². The summed E-state index contributed by atoms with van der Waals surface area (Å²) in [5.41, 5.74) is 1.26. The van der Waals surface area contributed by atoms with Gasteiger partial charge in [0.05, 0.1) is 19.2 Å². The fraction of sp³-hybridized carbons (Fsp3) is 0.467. The molecule has 2 aliphatic heterocycles. The number of esters is 1. The van der Waals surface area contributed by atoms with Crippen molar-refractivity contribution in [1.82, 2.24) is 4.90 Å². The summed E-state index contributed by atoms with van der Waals surface area (Å²) in [6.07, 6.45) is 9.25. The van der Waals surface area contributed by atoms with Crippen LogP contribution in [0.4, 0.5) is 5.69 Å². The van der Waals surface area contributed by atoms with E-state index in [0.29, 0.717) is 35.9 Å². The zero-order valence-electron chi connectivity index (χ0n) is 22.2. The van der Waals surface area contributed by atoms with Crippen LogP contribution in [-0.4, -0.2) is 55.7 Å². The van der Waals surface area contributed by atoms with Crippen molar-refractivity contribution in [2.45, 2.75) is 57.2 Å². The van der Waals surface area contributed by atoms with Crippen molar-refractivity contribution in [2.75, 3.05) is 38.7 Å². The molecular formula is C30H37ClN2O5. The predicted octanol–water partition coefficient (Wildman–Crippen LogP) is 5.01. The molecule has 8 heteroatoms. The van der Waals surface area contributed by atoms with Crippen LogP contribution in [0.1, 0.15) is 55.2 Å². The van der Waals surface area contributed by atoms with Crippen LogP contribution in [-0.2, 0) is 33.0 Å². The molecule has 0 aromatic heterocycles. The molecule has 2 aliphatic rings. The van der Waals surface area contributed by atoms with Crippen molar-refractivity contribution in [3.8, 4) is 5.75 Å². The lowest BCUT2D eigenvalue weighted by molar-refractivity contribution is -0.168. The summed E-state index contributed by atoms with van der Waals surface area (Å²) in [4.78, 5) is 29.8. The van der Waals surface area contributed by atoms with E-state index in [0.717, 1.165) is 56.4 Å². The lowest BCUT2D eigenvalue weighted by atomic mass is 9.89. The van der Waals surface area contributed by atoms with Crippen molar-refractivity contribution in [3.63, 3.8) is 0 Å². The number of methoxy groups -OCH3 is 1. The van der Waals surface area contributed by atoms with E-state index in [2.05, 4.69) is 17.1 Å². The van der Waals surface area contributed by atoms with E-state index in [1.54, 1.807) is 30.1 Å². The minimum Gasteiger partial charge on any atom is -0.487 e. The predicted molar refractivity (Wildman–Crippen MR) is 149 cm³/mol. The van der Waals surface area contributed by atoms with Crippen LogP contribution >= 0.6 is 11.6 Å². The third-order valence-corrected chi connectivity index (χ3v) is 7.64. The van der Waals surface area contributed by atoms with Gasteiger partial charge >= 0.3 is 5.97 Å². The number of ether oxygens (including phenoxy) is 2. The van der Waals surface area contributed by atoms with Gasteiger partial charge in [0.1, 0.15) is 12.4 Å². The molecule has 0 saturated carbocycles. The second kappa shape index (κ2) is 12.7. The minimum atomic E-state index is -2.12. The van der Waals surface area contributed by atoms with Crippen molar-refractivity contribution < 1.29 is 24.2 Å². The van der Waals surface area contributed by atoms with Crippen LogP contribution in [0.3, 0.4) is 0 Å². The maximum absolute atomic E-state index is 13.0. The standard InChI is InChI=1S/C30H37ClN2O5/c1-32-15-7-4-3-5-8-16-33-17-9-6-10-22-18-25(31)13-11-23(22)21-38-27-14-12-24(19-26(27)33)30(36,20-28(32)34)29(35)37-2/h3-4,11-14,18-19,36H,5-10,15-17,20-21H2,1-2H3/b4-3+/t30-/m1/s1. The molecule has 2 heterocycles. The molecule has 0 aliphatic carbocycles. The molecular weight excluding hydrogens is 504 g/mol. The Morgan fingerprint density at radius 1 is 1.03 bits per heavy atom. The molecule has 2 aromatic carbocycles. The highest BCUT2D eigenvalue weighted by atomic mass is 35.5. The highest BCUT2D eigenvalue weighted by molar-refractivity contribution is 6.30. The number of fused-ring (bicyclic) bond motifs is 2. The average Bonchev–Trinajstić information content (AvgIpc) is 2.94. The molecule has 1 N–H and O–H groups in total. The highest BCUT2D eigenvalue weighted by Crippen LogP contribution is 2.37. The highest BCUT2D eigenvalue weighted by Gasteiger charge is 2.43. The van der Waals surface area contributed by atoms with Crippen molar-refractivity contribution in [1.29, 1.82) is 0 Å². The molecule has 4 rings (SSSR count). The number of allylic oxidation sites excluding steroid dienone is 1. The molecule has 204 valence electrons. The van der Waals surface area contributed by atoms with Gasteiger partial charge in [0.15, 0.2) is 5.60 Å². The minimum absolute atomic E-state index is 0.313. The van der Waals surface area contributed by atoms with Gasteiger partial charge in [-0.25, -0.2) is 4.79 Å². The molecule has 0 fully saturated rings. The number of hydrogen-bond acceptors (Lipinski definition) is 6. The van der Waals surface area contributed by atoms with E-state index in [4.69, 9.17) is 21.1 Å². The van der Waals surface area contributed by atoms with Gasteiger partial charge in [0.25, 0.3) is 0 Å². The number of anilines is 1. The maximum atomic E-state index is 13.0. The summed E-state index contributed by atoms with van der Waals surface area (Å²) in [5, 5.41) is 12.4. The normalized spacial score (nSPS) is 22.2. The number of benzene rings is 2. The van der Waals surface area contributed by atoms with E-state index >= 15 is 0 Å². The first-order valence-electron chi connectivity index (χ1n) is 13.3. The quantitative estimate of drug-likeness (QED) is 0.404.